The number of anilines is 1. The molecule has 1 aromatic carbocycles. The Morgan fingerprint density at radius 3 is 2.29 bits per heavy atom. The second-order valence-corrected chi connectivity index (χ2v) is 5.26. The zero-order valence-corrected chi connectivity index (χ0v) is 12.4. The van der Waals surface area contributed by atoms with Gasteiger partial charge in [0.15, 0.2) is 0 Å². The minimum Gasteiger partial charge on any atom is -0.375 e. The van der Waals surface area contributed by atoms with E-state index in [4.69, 9.17) is 4.74 Å². The summed E-state index contributed by atoms with van der Waals surface area (Å²) in [6, 6.07) is 7.02. The molecule has 1 fully saturated rings. The van der Waals surface area contributed by atoms with E-state index in [0.29, 0.717) is 11.3 Å². The Bertz CT molecular complexity index is 477. The predicted molar refractivity (Wildman–Crippen MR) is 81.3 cm³/mol. The molecule has 0 radical (unpaired) electrons. The van der Waals surface area contributed by atoms with Gasteiger partial charge in [-0.15, -0.1) is 0 Å². The molecule has 1 N–H and O–H groups in total. The average molecular weight is 290 g/mol. The summed E-state index contributed by atoms with van der Waals surface area (Å²) in [5.74, 6) is -0.129. The van der Waals surface area contributed by atoms with Gasteiger partial charge in [0.2, 0.25) is 5.91 Å². The van der Waals surface area contributed by atoms with Crippen molar-refractivity contribution in [3.63, 3.8) is 0 Å². The molecule has 5 heteroatoms. The van der Waals surface area contributed by atoms with E-state index in [1.807, 2.05) is 4.90 Å². The summed E-state index contributed by atoms with van der Waals surface area (Å²) >= 11 is 0. The Morgan fingerprint density at radius 2 is 1.71 bits per heavy atom. The highest BCUT2D eigenvalue weighted by atomic mass is 16.5. The van der Waals surface area contributed by atoms with Crippen LogP contribution in [0.3, 0.4) is 0 Å². The first kappa shape index (κ1) is 15.5. The maximum Gasteiger partial charge on any atom is 0.253 e. The van der Waals surface area contributed by atoms with Gasteiger partial charge in [-0.05, 0) is 37.1 Å². The highest BCUT2D eigenvalue weighted by molar-refractivity contribution is 5.96. The number of carbonyl (C=O) groups is 2. The average Bonchev–Trinajstić information content (AvgIpc) is 2.76. The number of hydrogen-bond donors (Lipinski definition) is 1. The number of likely N-dealkylation sites (tertiary alicyclic amines) is 1. The second kappa shape index (κ2) is 7.78. The molecular formula is C16H22N2O3. The molecule has 0 spiro atoms. The molecule has 0 unspecified atom stereocenters. The van der Waals surface area contributed by atoms with Crippen molar-refractivity contribution in [2.45, 2.75) is 25.7 Å². The van der Waals surface area contributed by atoms with Gasteiger partial charge in [0.25, 0.3) is 5.91 Å². The topological polar surface area (TPSA) is 58.6 Å². The molecule has 1 heterocycles. The van der Waals surface area contributed by atoms with Gasteiger partial charge in [-0.25, -0.2) is 0 Å². The first-order valence-electron chi connectivity index (χ1n) is 7.39. The van der Waals surface area contributed by atoms with Crippen molar-refractivity contribution in [1.29, 1.82) is 0 Å². The first-order chi connectivity index (χ1) is 10.2. The van der Waals surface area contributed by atoms with Crippen LogP contribution in [0.4, 0.5) is 5.69 Å². The lowest BCUT2D eigenvalue weighted by Gasteiger charge is -2.20. The van der Waals surface area contributed by atoms with Gasteiger partial charge in [0.05, 0.1) is 0 Å². The Kier molecular flexibility index (Phi) is 5.75. The third-order valence-electron chi connectivity index (χ3n) is 3.58. The fraction of sp³-hybridized carbons (Fsp3) is 0.500. The van der Waals surface area contributed by atoms with Gasteiger partial charge in [-0.2, -0.15) is 0 Å². The summed E-state index contributed by atoms with van der Waals surface area (Å²) in [6.45, 7) is 1.70. The lowest BCUT2D eigenvalue weighted by atomic mass is 10.1. The third-order valence-corrected chi connectivity index (χ3v) is 3.58. The van der Waals surface area contributed by atoms with Crippen LogP contribution in [-0.4, -0.2) is 43.5 Å². The molecule has 5 nitrogen and oxygen atoms in total. The minimum absolute atomic E-state index is 0.0223. The maximum atomic E-state index is 12.4. The van der Waals surface area contributed by atoms with Gasteiger partial charge in [0, 0.05) is 31.5 Å². The molecule has 0 saturated carbocycles. The molecule has 2 amide bonds. The number of methoxy groups -OCH3 is 1. The number of hydrogen-bond acceptors (Lipinski definition) is 3. The summed E-state index contributed by atoms with van der Waals surface area (Å²) in [5.41, 5.74) is 1.34. The lowest BCUT2D eigenvalue weighted by Crippen LogP contribution is -2.31. The number of nitrogens with one attached hydrogen (secondary N) is 1. The van der Waals surface area contributed by atoms with E-state index in [-0.39, 0.29) is 18.4 Å². The molecule has 0 aromatic heterocycles. The number of carbonyl (C=O) groups excluding carboxylic acids is 2. The highest BCUT2D eigenvalue weighted by Gasteiger charge is 2.17. The smallest absolute Gasteiger partial charge is 0.253 e. The van der Waals surface area contributed by atoms with Crippen molar-refractivity contribution < 1.29 is 14.3 Å². The van der Waals surface area contributed by atoms with Crippen molar-refractivity contribution >= 4 is 17.5 Å². The summed E-state index contributed by atoms with van der Waals surface area (Å²) in [4.78, 5) is 25.7. The van der Waals surface area contributed by atoms with Crippen molar-refractivity contribution in [3.8, 4) is 0 Å². The quantitative estimate of drug-likeness (QED) is 0.925. The van der Waals surface area contributed by atoms with Crippen LogP contribution in [0.25, 0.3) is 0 Å². The minimum atomic E-state index is -0.205. The molecule has 1 saturated heterocycles. The van der Waals surface area contributed by atoms with Gasteiger partial charge in [0.1, 0.15) is 6.61 Å². The molecule has 2 rings (SSSR count). The van der Waals surface area contributed by atoms with Crippen molar-refractivity contribution in [1.82, 2.24) is 4.90 Å². The normalized spacial score (nSPS) is 15.4. The summed E-state index contributed by atoms with van der Waals surface area (Å²) in [7, 11) is 1.47. The molecule has 1 aliphatic heterocycles. The fourth-order valence-corrected chi connectivity index (χ4v) is 2.48. The Hall–Kier alpha value is -1.88. The van der Waals surface area contributed by atoms with Crippen LogP contribution >= 0.6 is 0 Å². The van der Waals surface area contributed by atoms with E-state index in [1.165, 1.54) is 20.0 Å². The Balaban J connectivity index is 1.97. The fourth-order valence-electron chi connectivity index (χ4n) is 2.48. The number of benzene rings is 1. The zero-order valence-electron chi connectivity index (χ0n) is 12.4. The van der Waals surface area contributed by atoms with E-state index in [2.05, 4.69) is 5.32 Å². The van der Waals surface area contributed by atoms with Crippen LogP contribution in [0, 0.1) is 0 Å². The van der Waals surface area contributed by atoms with E-state index < -0.39 is 0 Å². The van der Waals surface area contributed by atoms with Crippen molar-refractivity contribution in [2.75, 3.05) is 32.1 Å². The van der Waals surface area contributed by atoms with Crippen LogP contribution in [0.5, 0.6) is 0 Å². The zero-order chi connectivity index (χ0) is 15.1. The first-order valence-corrected chi connectivity index (χ1v) is 7.39. The molecule has 1 aromatic rings. The molecular weight excluding hydrogens is 268 g/mol. The SMILES string of the molecule is COCC(=O)Nc1ccc(C(=O)N2CCCCCC2)cc1. The van der Waals surface area contributed by atoms with Crippen LogP contribution < -0.4 is 5.32 Å². The number of rotatable bonds is 4. The highest BCUT2D eigenvalue weighted by Crippen LogP contribution is 2.15. The molecule has 1 aliphatic rings. The Morgan fingerprint density at radius 1 is 1.10 bits per heavy atom. The van der Waals surface area contributed by atoms with Crippen LogP contribution in [0.15, 0.2) is 24.3 Å². The van der Waals surface area contributed by atoms with E-state index in [0.717, 1.165) is 25.9 Å². The predicted octanol–water partition coefficient (Wildman–Crippen LogP) is 2.29. The lowest BCUT2D eigenvalue weighted by molar-refractivity contribution is -0.119. The molecule has 21 heavy (non-hydrogen) atoms. The Labute approximate surface area is 125 Å². The van der Waals surface area contributed by atoms with E-state index in [9.17, 15) is 9.59 Å². The van der Waals surface area contributed by atoms with Crippen LogP contribution in [0.2, 0.25) is 0 Å². The molecule has 0 bridgehead atoms. The molecule has 0 aliphatic carbocycles. The van der Waals surface area contributed by atoms with Gasteiger partial charge < -0.3 is 15.0 Å². The van der Waals surface area contributed by atoms with Crippen molar-refractivity contribution in [3.05, 3.63) is 29.8 Å². The second-order valence-electron chi connectivity index (χ2n) is 5.26. The largest absolute Gasteiger partial charge is 0.375 e. The monoisotopic (exact) mass is 290 g/mol. The maximum absolute atomic E-state index is 12.4. The molecule has 114 valence electrons. The van der Waals surface area contributed by atoms with Gasteiger partial charge in [-0.1, -0.05) is 12.8 Å². The number of amides is 2. The summed E-state index contributed by atoms with van der Waals surface area (Å²) in [5, 5.41) is 2.71. The molecule has 0 atom stereocenters. The standard InChI is InChI=1S/C16H22N2O3/c1-21-12-15(19)17-14-8-6-13(7-9-14)16(20)18-10-4-2-3-5-11-18/h6-9H,2-5,10-12H2,1H3,(H,17,19). The van der Waals surface area contributed by atoms with Crippen LogP contribution in [0.1, 0.15) is 36.0 Å². The summed E-state index contributed by atoms with van der Waals surface area (Å²) in [6.07, 6.45) is 4.57. The van der Waals surface area contributed by atoms with Gasteiger partial charge >= 0.3 is 0 Å². The number of nitrogens with zero attached hydrogens (tertiary/aromatic N) is 1. The third kappa shape index (κ3) is 4.56. The number of ether oxygens (including phenoxy) is 1. The van der Waals surface area contributed by atoms with Crippen LogP contribution in [-0.2, 0) is 9.53 Å². The van der Waals surface area contributed by atoms with Crippen molar-refractivity contribution in [2.24, 2.45) is 0 Å². The van der Waals surface area contributed by atoms with E-state index in [1.54, 1.807) is 24.3 Å². The van der Waals surface area contributed by atoms with E-state index >= 15 is 0 Å². The van der Waals surface area contributed by atoms with Gasteiger partial charge in [-0.3, -0.25) is 9.59 Å². The summed E-state index contributed by atoms with van der Waals surface area (Å²) < 4.78 is 4.76.